The van der Waals surface area contributed by atoms with Gasteiger partial charge in [0.1, 0.15) is 5.69 Å². The Bertz CT molecular complexity index is 2200. The van der Waals surface area contributed by atoms with E-state index in [4.69, 9.17) is 24.9 Å². The predicted molar refractivity (Wildman–Crippen MR) is 178 cm³/mol. The summed E-state index contributed by atoms with van der Waals surface area (Å²) in [6.07, 6.45) is 0. The topological polar surface area (TPSA) is 64.5 Å². The van der Waals surface area contributed by atoms with Gasteiger partial charge in [0.05, 0.1) is 16.7 Å². The van der Waals surface area contributed by atoms with Crippen LogP contribution >= 0.6 is 0 Å². The average Bonchev–Trinajstić information content (AvgIpc) is 3.12. The van der Waals surface area contributed by atoms with Gasteiger partial charge in [-0.2, -0.15) is 0 Å². The molecular formula is C39H25N5. The van der Waals surface area contributed by atoms with Crippen LogP contribution in [0, 0.1) is 0 Å². The first-order valence-corrected chi connectivity index (χ1v) is 14.5. The van der Waals surface area contributed by atoms with Gasteiger partial charge in [-0.1, -0.05) is 140 Å². The van der Waals surface area contributed by atoms with Crippen molar-refractivity contribution in [2.24, 2.45) is 0 Å². The first kappa shape index (κ1) is 25.6. The molecule has 5 aromatic carbocycles. The zero-order valence-corrected chi connectivity index (χ0v) is 23.7. The lowest BCUT2D eigenvalue weighted by Crippen LogP contribution is -2.01. The minimum atomic E-state index is 0.513. The van der Waals surface area contributed by atoms with Crippen molar-refractivity contribution in [1.82, 2.24) is 24.9 Å². The molecule has 206 valence electrons. The molecule has 0 amide bonds. The van der Waals surface area contributed by atoms with E-state index in [-0.39, 0.29) is 0 Å². The Morgan fingerprint density at radius 2 is 0.795 bits per heavy atom. The zero-order valence-electron chi connectivity index (χ0n) is 23.7. The maximum Gasteiger partial charge on any atom is 0.182 e. The van der Waals surface area contributed by atoms with E-state index in [0.717, 1.165) is 55.3 Å². The van der Waals surface area contributed by atoms with Gasteiger partial charge < -0.3 is 0 Å². The molecular weight excluding hydrogens is 538 g/mol. The summed E-state index contributed by atoms with van der Waals surface area (Å²) in [5.41, 5.74) is 8.33. The molecule has 0 fully saturated rings. The van der Waals surface area contributed by atoms with Gasteiger partial charge >= 0.3 is 0 Å². The fraction of sp³-hybridized carbons (Fsp3) is 0. The van der Waals surface area contributed by atoms with Gasteiger partial charge in [-0.3, -0.25) is 0 Å². The summed E-state index contributed by atoms with van der Waals surface area (Å²) in [4.78, 5) is 25.1. The summed E-state index contributed by atoms with van der Waals surface area (Å²) >= 11 is 0. The lowest BCUT2D eigenvalue weighted by molar-refractivity contribution is 1.06. The van der Waals surface area contributed by atoms with Crippen LogP contribution in [0.5, 0.6) is 0 Å². The number of rotatable bonds is 5. The zero-order chi connectivity index (χ0) is 29.3. The highest BCUT2D eigenvalue weighted by molar-refractivity contribution is 6.09. The summed E-state index contributed by atoms with van der Waals surface area (Å²) in [6.45, 7) is 0. The Balaban J connectivity index is 1.38. The molecule has 0 saturated heterocycles. The molecule has 8 rings (SSSR count). The monoisotopic (exact) mass is 563 g/mol. The standard InChI is InChI=1S/C39H25N5/c1-5-13-26(14-6-1)32-25-34(27-15-7-2-8-16-27)41-36-31(32)23-21-28-22-24-33(40-35(28)36)39-43-37(29-17-9-3-10-18-29)42-38(44-39)30-19-11-4-12-20-30/h1-25H. The molecule has 0 atom stereocenters. The Morgan fingerprint density at radius 3 is 1.39 bits per heavy atom. The van der Waals surface area contributed by atoms with Gasteiger partial charge in [0.25, 0.3) is 0 Å². The minimum Gasteiger partial charge on any atom is -0.245 e. The van der Waals surface area contributed by atoms with Gasteiger partial charge in [0.2, 0.25) is 0 Å². The van der Waals surface area contributed by atoms with Crippen molar-refractivity contribution in [2.45, 2.75) is 0 Å². The number of nitrogens with zero attached hydrogens (tertiary/aromatic N) is 5. The number of aromatic nitrogens is 5. The molecule has 0 bridgehead atoms. The molecule has 0 unspecified atom stereocenters. The molecule has 8 aromatic rings. The van der Waals surface area contributed by atoms with Gasteiger partial charge in [0.15, 0.2) is 17.5 Å². The SMILES string of the molecule is c1ccc(-c2cc(-c3ccccc3)c3ccc4ccc(-c5nc(-c6ccccc6)nc(-c6ccccc6)n5)nc4c3n2)cc1. The molecule has 0 aliphatic carbocycles. The van der Waals surface area contributed by atoms with Crippen LogP contribution in [0.2, 0.25) is 0 Å². The Morgan fingerprint density at radius 1 is 0.318 bits per heavy atom. The first-order valence-electron chi connectivity index (χ1n) is 14.5. The van der Waals surface area contributed by atoms with Crippen LogP contribution in [0.1, 0.15) is 0 Å². The van der Waals surface area contributed by atoms with E-state index in [1.807, 2.05) is 91.0 Å². The van der Waals surface area contributed by atoms with E-state index >= 15 is 0 Å². The van der Waals surface area contributed by atoms with Gasteiger partial charge in [-0.05, 0) is 23.3 Å². The number of benzene rings is 5. The summed E-state index contributed by atoms with van der Waals surface area (Å²) in [5.74, 6) is 1.72. The number of pyridine rings is 2. The van der Waals surface area contributed by atoms with Crippen molar-refractivity contribution in [3.63, 3.8) is 0 Å². The lowest BCUT2D eigenvalue weighted by Gasteiger charge is -2.13. The molecule has 0 saturated carbocycles. The first-order chi connectivity index (χ1) is 21.8. The summed E-state index contributed by atoms with van der Waals surface area (Å²) in [5, 5.41) is 2.04. The third kappa shape index (κ3) is 4.76. The van der Waals surface area contributed by atoms with Crippen molar-refractivity contribution in [2.75, 3.05) is 0 Å². The van der Waals surface area contributed by atoms with Crippen molar-refractivity contribution in [3.05, 3.63) is 152 Å². The van der Waals surface area contributed by atoms with Crippen LogP contribution in [0.25, 0.3) is 78.5 Å². The highest BCUT2D eigenvalue weighted by Crippen LogP contribution is 2.35. The second-order valence-corrected chi connectivity index (χ2v) is 10.6. The van der Waals surface area contributed by atoms with Crippen LogP contribution in [0.15, 0.2) is 152 Å². The van der Waals surface area contributed by atoms with E-state index in [1.165, 1.54) is 0 Å². The van der Waals surface area contributed by atoms with Crippen molar-refractivity contribution >= 4 is 21.8 Å². The van der Waals surface area contributed by atoms with Crippen LogP contribution < -0.4 is 0 Å². The largest absolute Gasteiger partial charge is 0.245 e. The van der Waals surface area contributed by atoms with Gasteiger partial charge in [-0.15, -0.1) is 0 Å². The number of hydrogen-bond donors (Lipinski definition) is 0. The normalized spacial score (nSPS) is 11.2. The van der Waals surface area contributed by atoms with E-state index in [1.54, 1.807) is 0 Å². The maximum absolute atomic E-state index is 5.21. The molecule has 0 N–H and O–H groups in total. The molecule has 44 heavy (non-hydrogen) atoms. The molecule has 3 aromatic heterocycles. The van der Waals surface area contributed by atoms with Crippen LogP contribution in [0.4, 0.5) is 0 Å². The number of fused-ring (bicyclic) bond motifs is 3. The van der Waals surface area contributed by atoms with Gasteiger partial charge in [-0.25, -0.2) is 24.9 Å². The van der Waals surface area contributed by atoms with E-state index in [9.17, 15) is 0 Å². The molecule has 0 radical (unpaired) electrons. The third-order valence-electron chi connectivity index (χ3n) is 7.72. The highest BCUT2D eigenvalue weighted by atomic mass is 15.0. The Labute approximate surface area is 254 Å². The van der Waals surface area contributed by atoms with E-state index < -0.39 is 0 Å². The van der Waals surface area contributed by atoms with Crippen molar-refractivity contribution in [1.29, 1.82) is 0 Å². The molecule has 0 spiro atoms. The maximum atomic E-state index is 5.21. The summed E-state index contributed by atoms with van der Waals surface area (Å²) < 4.78 is 0. The third-order valence-corrected chi connectivity index (χ3v) is 7.72. The Hall–Kier alpha value is -6.07. The highest BCUT2D eigenvalue weighted by Gasteiger charge is 2.16. The molecule has 0 aliphatic rings. The Kier molecular flexibility index (Phi) is 6.39. The molecule has 5 heteroatoms. The van der Waals surface area contributed by atoms with Crippen molar-refractivity contribution in [3.8, 4) is 56.7 Å². The lowest BCUT2D eigenvalue weighted by atomic mass is 9.97. The van der Waals surface area contributed by atoms with Crippen molar-refractivity contribution < 1.29 is 0 Å². The second kappa shape index (κ2) is 11.0. The fourth-order valence-corrected chi connectivity index (χ4v) is 5.53. The second-order valence-electron chi connectivity index (χ2n) is 10.6. The van der Waals surface area contributed by atoms with Crippen LogP contribution in [0.3, 0.4) is 0 Å². The average molecular weight is 564 g/mol. The molecule has 5 nitrogen and oxygen atoms in total. The summed E-state index contributed by atoms with van der Waals surface area (Å²) in [6, 6.07) is 51.2. The smallest absolute Gasteiger partial charge is 0.182 e. The fourth-order valence-electron chi connectivity index (χ4n) is 5.53. The quantitative estimate of drug-likeness (QED) is 0.195. The van der Waals surface area contributed by atoms with E-state index in [2.05, 4.69) is 60.7 Å². The molecule has 0 aliphatic heterocycles. The summed E-state index contributed by atoms with van der Waals surface area (Å²) in [7, 11) is 0. The van der Waals surface area contributed by atoms with Crippen LogP contribution in [-0.2, 0) is 0 Å². The van der Waals surface area contributed by atoms with Gasteiger partial charge in [0, 0.05) is 27.5 Å². The number of hydrogen-bond acceptors (Lipinski definition) is 5. The molecule has 3 heterocycles. The minimum absolute atomic E-state index is 0.513. The van der Waals surface area contributed by atoms with E-state index in [0.29, 0.717) is 23.2 Å². The van der Waals surface area contributed by atoms with Crippen LogP contribution in [-0.4, -0.2) is 24.9 Å². The predicted octanol–water partition coefficient (Wildman–Crippen LogP) is 9.30.